The van der Waals surface area contributed by atoms with Crippen molar-refractivity contribution in [1.82, 2.24) is 4.90 Å². The zero-order chi connectivity index (χ0) is 13.3. The highest BCUT2D eigenvalue weighted by atomic mass is 79.9. The Hall–Kier alpha value is -1.03. The van der Waals surface area contributed by atoms with E-state index < -0.39 is 0 Å². The maximum absolute atomic E-state index is 12.6. The highest BCUT2D eigenvalue weighted by Gasteiger charge is 2.30. The van der Waals surface area contributed by atoms with Crippen LogP contribution < -0.4 is 5.73 Å². The monoisotopic (exact) mass is 310 g/mol. The van der Waals surface area contributed by atoms with Crippen LogP contribution in [-0.2, 0) is 0 Å². The van der Waals surface area contributed by atoms with Gasteiger partial charge in [0.25, 0.3) is 5.91 Å². The maximum Gasteiger partial charge on any atom is 0.256 e. The molecule has 0 aliphatic carbocycles. The number of piperidine rings is 1. The molecule has 1 amide bonds. The third kappa shape index (κ3) is 2.53. The fourth-order valence-corrected chi connectivity index (χ4v) is 3.04. The number of benzene rings is 1. The Balaban J connectivity index is 2.32. The van der Waals surface area contributed by atoms with E-state index in [1.807, 2.05) is 17.0 Å². The number of nitrogen functional groups attached to an aromatic ring is 1. The second kappa shape index (κ2) is 5.31. The van der Waals surface area contributed by atoms with E-state index in [1.165, 1.54) is 6.42 Å². The van der Waals surface area contributed by atoms with E-state index in [-0.39, 0.29) is 5.91 Å². The summed E-state index contributed by atoms with van der Waals surface area (Å²) >= 11 is 3.39. The van der Waals surface area contributed by atoms with Crippen molar-refractivity contribution < 1.29 is 4.79 Å². The highest BCUT2D eigenvalue weighted by molar-refractivity contribution is 9.10. The number of carbonyl (C=O) groups is 1. The largest absolute Gasteiger partial charge is 0.398 e. The molecule has 98 valence electrons. The highest BCUT2D eigenvalue weighted by Crippen LogP contribution is 2.27. The zero-order valence-corrected chi connectivity index (χ0v) is 12.4. The number of hydrogen-bond donors (Lipinski definition) is 1. The van der Waals surface area contributed by atoms with E-state index in [0.717, 1.165) is 17.3 Å². The quantitative estimate of drug-likeness (QED) is 0.808. The van der Waals surface area contributed by atoms with Gasteiger partial charge in [0, 0.05) is 22.2 Å². The first-order valence-electron chi connectivity index (χ1n) is 6.38. The fraction of sp³-hybridized carbons (Fsp3) is 0.500. The lowest BCUT2D eigenvalue weighted by Crippen LogP contribution is -2.47. The minimum atomic E-state index is 0.0495. The van der Waals surface area contributed by atoms with E-state index in [4.69, 9.17) is 5.73 Å². The van der Waals surface area contributed by atoms with Gasteiger partial charge < -0.3 is 10.6 Å². The number of halogens is 1. The third-order valence-corrected chi connectivity index (χ3v) is 4.17. The van der Waals surface area contributed by atoms with Crippen molar-refractivity contribution in [2.24, 2.45) is 0 Å². The summed E-state index contributed by atoms with van der Waals surface area (Å²) in [7, 11) is 0. The van der Waals surface area contributed by atoms with Gasteiger partial charge >= 0.3 is 0 Å². The first kappa shape index (κ1) is 13.4. The summed E-state index contributed by atoms with van der Waals surface area (Å²) in [6.07, 6.45) is 3.34. The van der Waals surface area contributed by atoms with Gasteiger partial charge in [-0.3, -0.25) is 4.79 Å². The number of likely N-dealkylation sites (tertiary alicyclic amines) is 1. The van der Waals surface area contributed by atoms with E-state index in [0.29, 0.717) is 23.3 Å². The lowest BCUT2D eigenvalue weighted by atomic mass is 9.96. The summed E-state index contributed by atoms with van der Waals surface area (Å²) in [5, 5.41) is 0. The molecule has 1 fully saturated rings. The second-order valence-electron chi connectivity index (χ2n) is 5.07. The smallest absolute Gasteiger partial charge is 0.256 e. The molecule has 0 aromatic heterocycles. The molecule has 2 atom stereocenters. The summed E-state index contributed by atoms with van der Waals surface area (Å²) in [5.41, 5.74) is 7.07. The van der Waals surface area contributed by atoms with Gasteiger partial charge in [-0.2, -0.15) is 0 Å². The zero-order valence-electron chi connectivity index (χ0n) is 10.8. The lowest BCUT2D eigenvalue weighted by Gasteiger charge is -2.39. The van der Waals surface area contributed by atoms with Crippen LogP contribution in [0.15, 0.2) is 22.7 Å². The fourth-order valence-electron chi connectivity index (χ4n) is 2.67. The average molecular weight is 311 g/mol. The minimum absolute atomic E-state index is 0.0495. The molecular formula is C14H19BrN2O. The van der Waals surface area contributed by atoms with Gasteiger partial charge in [-0.25, -0.2) is 0 Å². The van der Waals surface area contributed by atoms with Crippen molar-refractivity contribution in [3.05, 3.63) is 28.2 Å². The predicted molar refractivity (Wildman–Crippen MR) is 77.5 cm³/mol. The number of anilines is 1. The van der Waals surface area contributed by atoms with Gasteiger partial charge in [-0.1, -0.05) is 15.9 Å². The van der Waals surface area contributed by atoms with Crippen LogP contribution in [-0.4, -0.2) is 22.9 Å². The molecule has 1 aromatic carbocycles. The molecule has 1 aliphatic rings. The number of rotatable bonds is 1. The molecule has 4 heteroatoms. The van der Waals surface area contributed by atoms with Crippen molar-refractivity contribution in [2.75, 3.05) is 5.73 Å². The molecule has 0 spiro atoms. The van der Waals surface area contributed by atoms with Crippen molar-refractivity contribution >= 4 is 27.5 Å². The molecule has 3 nitrogen and oxygen atoms in total. The Morgan fingerprint density at radius 1 is 1.33 bits per heavy atom. The molecule has 1 aliphatic heterocycles. The van der Waals surface area contributed by atoms with Crippen molar-refractivity contribution in [2.45, 2.75) is 45.2 Å². The van der Waals surface area contributed by atoms with Gasteiger partial charge in [0.05, 0.1) is 5.56 Å². The number of nitrogens with zero attached hydrogens (tertiary/aromatic N) is 1. The molecule has 0 radical (unpaired) electrons. The normalized spacial score (nSPS) is 24.1. The molecular weight excluding hydrogens is 292 g/mol. The summed E-state index contributed by atoms with van der Waals surface area (Å²) in [5.74, 6) is 0.0495. The minimum Gasteiger partial charge on any atom is -0.398 e. The van der Waals surface area contributed by atoms with Crippen LogP contribution in [0.3, 0.4) is 0 Å². The van der Waals surface area contributed by atoms with E-state index in [1.54, 1.807) is 6.07 Å². The standard InChI is InChI=1S/C14H19BrN2O/c1-9-4-3-5-10(2)17(9)14(18)12-8-11(15)6-7-13(12)16/h6-10H,3-5,16H2,1-2H3/t9-,10+. The summed E-state index contributed by atoms with van der Waals surface area (Å²) in [4.78, 5) is 14.6. The molecule has 1 saturated heterocycles. The van der Waals surface area contributed by atoms with Gasteiger partial charge in [0.15, 0.2) is 0 Å². The van der Waals surface area contributed by atoms with Crippen LogP contribution in [0.2, 0.25) is 0 Å². The Morgan fingerprint density at radius 2 is 1.94 bits per heavy atom. The number of nitrogens with two attached hydrogens (primary N) is 1. The SMILES string of the molecule is C[C@@H]1CCC[C@H](C)N1C(=O)c1cc(Br)ccc1N. The molecule has 0 unspecified atom stereocenters. The molecule has 18 heavy (non-hydrogen) atoms. The Kier molecular flexibility index (Phi) is 3.95. The van der Waals surface area contributed by atoms with Gasteiger partial charge in [-0.05, 0) is 51.3 Å². The number of hydrogen-bond acceptors (Lipinski definition) is 2. The van der Waals surface area contributed by atoms with Crippen LogP contribution in [0, 0.1) is 0 Å². The van der Waals surface area contributed by atoms with E-state index in [2.05, 4.69) is 29.8 Å². The summed E-state index contributed by atoms with van der Waals surface area (Å²) < 4.78 is 0.886. The Morgan fingerprint density at radius 3 is 2.56 bits per heavy atom. The summed E-state index contributed by atoms with van der Waals surface area (Å²) in [6, 6.07) is 6.02. The molecule has 2 N–H and O–H groups in total. The summed E-state index contributed by atoms with van der Waals surface area (Å²) in [6.45, 7) is 4.23. The third-order valence-electron chi connectivity index (χ3n) is 3.67. The first-order valence-corrected chi connectivity index (χ1v) is 7.17. The van der Waals surface area contributed by atoms with Crippen LogP contribution in [0.4, 0.5) is 5.69 Å². The van der Waals surface area contributed by atoms with Crippen LogP contribution in [0.5, 0.6) is 0 Å². The number of carbonyl (C=O) groups excluding carboxylic acids is 1. The Labute approximate surface area is 116 Å². The van der Waals surface area contributed by atoms with E-state index >= 15 is 0 Å². The first-order chi connectivity index (χ1) is 8.50. The van der Waals surface area contributed by atoms with Crippen molar-refractivity contribution in [1.29, 1.82) is 0 Å². The maximum atomic E-state index is 12.6. The average Bonchev–Trinajstić information content (AvgIpc) is 2.32. The molecule has 0 bridgehead atoms. The van der Waals surface area contributed by atoms with Gasteiger partial charge in [-0.15, -0.1) is 0 Å². The van der Waals surface area contributed by atoms with Crippen molar-refractivity contribution in [3.8, 4) is 0 Å². The molecule has 0 saturated carbocycles. The second-order valence-corrected chi connectivity index (χ2v) is 5.99. The molecule has 2 rings (SSSR count). The van der Waals surface area contributed by atoms with Gasteiger partial charge in [0.2, 0.25) is 0 Å². The van der Waals surface area contributed by atoms with Gasteiger partial charge in [0.1, 0.15) is 0 Å². The van der Waals surface area contributed by atoms with Crippen LogP contribution in [0.1, 0.15) is 43.5 Å². The number of amides is 1. The van der Waals surface area contributed by atoms with Crippen molar-refractivity contribution in [3.63, 3.8) is 0 Å². The molecule has 1 heterocycles. The van der Waals surface area contributed by atoms with Crippen LogP contribution >= 0.6 is 15.9 Å². The van der Waals surface area contributed by atoms with Crippen LogP contribution in [0.25, 0.3) is 0 Å². The topological polar surface area (TPSA) is 46.3 Å². The van der Waals surface area contributed by atoms with E-state index in [9.17, 15) is 4.79 Å². The lowest BCUT2D eigenvalue weighted by molar-refractivity contribution is 0.0512. The predicted octanol–water partition coefficient (Wildman–Crippen LogP) is 3.43. The molecule has 1 aromatic rings. The Bertz CT molecular complexity index is 451.